The zero-order valence-corrected chi connectivity index (χ0v) is 12.1. The molecule has 0 saturated carbocycles. The topological polar surface area (TPSA) is 97.0 Å². The molecule has 0 spiro atoms. The Bertz CT molecular complexity index is 399. The molecule has 1 rings (SSSR count). The van der Waals surface area contributed by atoms with Crippen LogP contribution in [0.5, 0.6) is 0 Å². The zero-order chi connectivity index (χ0) is 15.7. The van der Waals surface area contributed by atoms with Crippen molar-refractivity contribution in [2.45, 2.75) is 12.5 Å². The minimum Gasteiger partial charge on any atom is -0.469 e. The molecular formula is C13H21N3O5. The van der Waals surface area contributed by atoms with Crippen molar-refractivity contribution in [2.24, 2.45) is 0 Å². The molecule has 0 aromatic rings. The van der Waals surface area contributed by atoms with Crippen LogP contribution in [0.4, 0.5) is 4.79 Å². The van der Waals surface area contributed by atoms with Gasteiger partial charge in [-0.3, -0.25) is 19.8 Å². The summed E-state index contributed by atoms with van der Waals surface area (Å²) in [5.41, 5.74) is 0. The summed E-state index contributed by atoms with van der Waals surface area (Å²) in [5, 5.41) is 4.67. The van der Waals surface area contributed by atoms with Crippen LogP contribution in [0.25, 0.3) is 0 Å². The van der Waals surface area contributed by atoms with Gasteiger partial charge in [0.2, 0.25) is 5.91 Å². The normalized spacial score (nSPS) is 18.6. The highest BCUT2D eigenvalue weighted by molar-refractivity contribution is 5.95. The smallest absolute Gasteiger partial charge is 0.321 e. The number of esters is 1. The number of hydrogen-bond acceptors (Lipinski definition) is 6. The monoisotopic (exact) mass is 299 g/mol. The third kappa shape index (κ3) is 6.87. The van der Waals surface area contributed by atoms with E-state index in [0.717, 1.165) is 0 Å². The van der Waals surface area contributed by atoms with E-state index in [-0.39, 0.29) is 31.6 Å². The predicted octanol–water partition coefficient (Wildman–Crippen LogP) is -0.738. The number of urea groups is 1. The third-order valence-corrected chi connectivity index (χ3v) is 2.87. The Morgan fingerprint density at radius 2 is 2.24 bits per heavy atom. The van der Waals surface area contributed by atoms with Crippen molar-refractivity contribution in [3.05, 3.63) is 12.7 Å². The molecule has 3 amide bonds. The number of hydrogen-bond donors (Lipinski definition) is 2. The van der Waals surface area contributed by atoms with Gasteiger partial charge in [-0.25, -0.2) is 4.79 Å². The maximum absolute atomic E-state index is 11.7. The van der Waals surface area contributed by atoms with Crippen LogP contribution < -0.4 is 10.6 Å². The van der Waals surface area contributed by atoms with Crippen LogP contribution in [0, 0.1) is 0 Å². The number of amides is 3. The summed E-state index contributed by atoms with van der Waals surface area (Å²) in [4.78, 5) is 36.0. The number of ether oxygens (including phenoxy) is 2. The van der Waals surface area contributed by atoms with Crippen LogP contribution in [0.15, 0.2) is 12.7 Å². The molecule has 1 heterocycles. The van der Waals surface area contributed by atoms with Gasteiger partial charge in [-0.2, -0.15) is 0 Å². The maximum atomic E-state index is 11.7. The van der Waals surface area contributed by atoms with Gasteiger partial charge in [-0.05, 0) is 0 Å². The first-order valence-corrected chi connectivity index (χ1v) is 6.64. The molecule has 0 aromatic carbocycles. The molecule has 8 heteroatoms. The summed E-state index contributed by atoms with van der Waals surface area (Å²) in [5.74, 6) is -0.759. The molecule has 1 aliphatic heterocycles. The number of rotatable bonds is 6. The van der Waals surface area contributed by atoms with Gasteiger partial charge in [0.1, 0.15) is 0 Å². The fourth-order valence-electron chi connectivity index (χ4n) is 1.90. The molecule has 1 fully saturated rings. The second-order valence-electron chi connectivity index (χ2n) is 4.56. The summed E-state index contributed by atoms with van der Waals surface area (Å²) in [6, 6.07) is -0.556. The molecule has 1 unspecified atom stereocenters. The van der Waals surface area contributed by atoms with Gasteiger partial charge in [-0.15, -0.1) is 6.58 Å². The summed E-state index contributed by atoms with van der Waals surface area (Å²) in [6.07, 6.45) is 1.37. The Morgan fingerprint density at radius 3 is 2.90 bits per heavy atom. The molecule has 1 atom stereocenters. The Kier molecular flexibility index (Phi) is 7.41. The van der Waals surface area contributed by atoms with Gasteiger partial charge in [0, 0.05) is 19.6 Å². The van der Waals surface area contributed by atoms with Crippen molar-refractivity contribution >= 4 is 17.9 Å². The van der Waals surface area contributed by atoms with E-state index in [9.17, 15) is 14.4 Å². The average Bonchev–Trinajstić information content (AvgIpc) is 2.45. The largest absolute Gasteiger partial charge is 0.469 e. The van der Waals surface area contributed by atoms with E-state index in [1.165, 1.54) is 13.2 Å². The Morgan fingerprint density at radius 1 is 1.48 bits per heavy atom. The molecule has 8 nitrogen and oxygen atoms in total. The average molecular weight is 299 g/mol. The van der Waals surface area contributed by atoms with Crippen molar-refractivity contribution in [1.82, 2.24) is 15.5 Å². The maximum Gasteiger partial charge on any atom is 0.321 e. The van der Waals surface area contributed by atoms with Crippen molar-refractivity contribution in [2.75, 3.05) is 39.9 Å². The van der Waals surface area contributed by atoms with E-state index in [1.54, 1.807) is 0 Å². The van der Waals surface area contributed by atoms with Gasteiger partial charge < -0.3 is 14.8 Å². The lowest BCUT2D eigenvalue weighted by atomic mass is 10.2. The fourth-order valence-corrected chi connectivity index (χ4v) is 1.90. The third-order valence-electron chi connectivity index (χ3n) is 2.87. The molecule has 0 aromatic heterocycles. The number of imide groups is 1. The van der Waals surface area contributed by atoms with Gasteiger partial charge in [0.15, 0.2) is 0 Å². The SMILES string of the molecule is C=CCNC(=O)NC(=O)CN1CCOC(CC(=O)OC)C1. The van der Waals surface area contributed by atoms with Crippen LogP contribution >= 0.6 is 0 Å². The van der Waals surface area contributed by atoms with Crippen LogP contribution in [-0.2, 0) is 19.1 Å². The van der Waals surface area contributed by atoms with E-state index < -0.39 is 11.9 Å². The van der Waals surface area contributed by atoms with Crippen molar-refractivity contribution in [3.8, 4) is 0 Å². The summed E-state index contributed by atoms with van der Waals surface area (Å²) in [6.45, 7) is 5.26. The lowest BCUT2D eigenvalue weighted by molar-refractivity contribution is -0.145. The van der Waals surface area contributed by atoms with E-state index in [2.05, 4.69) is 21.9 Å². The number of carbonyl (C=O) groups is 3. The highest BCUT2D eigenvalue weighted by atomic mass is 16.5. The lowest BCUT2D eigenvalue weighted by Crippen LogP contribution is -2.49. The molecule has 0 aliphatic carbocycles. The number of nitrogens with one attached hydrogen (secondary N) is 2. The van der Waals surface area contributed by atoms with Crippen LogP contribution in [0.2, 0.25) is 0 Å². The number of carbonyl (C=O) groups excluding carboxylic acids is 3. The van der Waals surface area contributed by atoms with Gasteiger partial charge in [-0.1, -0.05) is 6.08 Å². The van der Waals surface area contributed by atoms with Crippen LogP contribution in [0.1, 0.15) is 6.42 Å². The second-order valence-corrected chi connectivity index (χ2v) is 4.56. The second kappa shape index (κ2) is 9.09. The molecular weight excluding hydrogens is 278 g/mol. The zero-order valence-electron chi connectivity index (χ0n) is 12.1. The van der Waals surface area contributed by atoms with E-state index in [1.807, 2.05) is 4.90 Å². The lowest BCUT2D eigenvalue weighted by Gasteiger charge is -2.31. The number of nitrogens with zero attached hydrogens (tertiary/aromatic N) is 1. The van der Waals surface area contributed by atoms with Crippen LogP contribution in [-0.4, -0.2) is 68.8 Å². The van der Waals surface area contributed by atoms with Gasteiger partial charge in [0.05, 0.1) is 32.8 Å². The molecule has 0 bridgehead atoms. The first-order valence-electron chi connectivity index (χ1n) is 6.64. The first kappa shape index (κ1) is 17.1. The molecule has 2 N–H and O–H groups in total. The highest BCUT2D eigenvalue weighted by Crippen LogP contribution is 2.09. The van der Waals surface area contributed by atoms with Crippen molar-refractivity contribution in [1.29, 1.82) is 0 Å². The minimum absolute atomic E-state index is 0.0720. The first-order chi connectivity index (χ1) is 10.0. The van der Waals surface area contributed by atoms with Crippen LogP contribution in [0.3, 0.4) is 0 Å². The fraction of sp³-hybridized carbons (Fsp3) is 0.615. The highest BCUT2D eigenvalue weighted by Gasteiger charge is 2.24. The minimum atomic E-state index is -0.556. The molecule has 1 saturated heterocycles. The number of methoxy groups -OCH3 is 1. The Balaban J connectivity index is 2.33. The van der Waals surface area contributed by atoms with E-state index in [4.69, 9.17) is 4.74 Å². The Hall–Kier alpha value is -1.93. The summed E-state index contributed by atoms with van der Waals surface area (Å²) in [7, 11) is 1.32. The van der Waals surface area contributed by atoms with E-state index >= 15 is 0 Å². The Labute approximate surface area is 123 Å². The molecule has 118 valence electrons. The van der Waals surface area contributed by atoms with Crippen molar-refractivity contribution < 1.29 is 23.9 Å². The standard InChI is InChI=1S/C13H21N3O5/c1-3-4-14-13(19)15-11(17)9-16-5-6-21-10(8-16)7-12(18)20-2/h3,10H,1,4-9H2,2H3,(H2,14,15,17,19). The van der Waals surface area contributed by atoms with Gasteiger partial charge >= 0.3 is 12.0 Å². The summed E-state index contributed by atoms with van der Waals surface area (Å²) >= 11 is 0. The van der Waals surface area contributed by atoms with E-state index in [0.29, 0.717) is 19.7 Å². The summed E-state index contributed by atoms with van der Waals surface area (Å²) < 4.78 is 10.0. The quantitative estimate of drug-likeness (QED) is 0.495. The predicted molar refractivity (Wildman–Crippen MR) is 74.6 cm³/mol. The number of morpholine rings is 1. The molecule has 21 heavy (non-hydrogen) atoms. The van der Waals surface area contributed by atoms with Crippen molar-refractivity contribution in [3.63, 3.8) is 0 Å². The molecule has 1 aliphatic rings. The molecule has 0 radical (unpaired) electrons. The van der Waals surface area contributed by atoms with Gasteiger partial charge in [0.25, 0.3) is 0 Å².